The lowest BCUT2D eigenvalue weighted by atomic mass is 9.96. The number of nitro groups is 1. The average Bonchev–Trinajstić information content (AvgIpc) is 2.55. The number of hydrogen-bond acceptors (Lipinski definition) is 4. The molecule has 2 unspecified atom stereocenters. The predicted octanol–water partition coefficient (Wildman–Crippen LogP) is 3.88. The molecule has 0 bridgehead atoms. The molecule has 1 N–H and O–H groups in total. The molecule has 0 saturated carbocycles. The van der Waals surface area contributed by atoms with Gasteiger partial charge in [0.25, 0.3) is 5.69 Å². The van der Waals surface area contributed by atoms with Crippen LogP contribution in [0.3, 0.4) is 0 Å². The smallest absolute Gasteiger partial charge is 0.293 e. The molecule has 1 fully saturated rings. The highest BCUT2D eigenvalue weighted by molar-refractivity contribution is 9.10. The molecule has 1 aromatic carbocycles. The maximum Gasteiger partial charge on any atom is 0.293 e. The number of anilines is 1. The van der Waals surface area contributed by atoms with Crippen molar-refractivity contribution in [1.82, 2.24) is 5.32 Å². The first-order valence-corrected chi connectivity index (χ1v) is 9.21. The summed E-state index contributed by atoms with van der Waals surface area (Å²) in [6.07, 6.45) is 3.67. The van der Waals surface area contributed by atoms with E-state index in [0.717, 1.165) is 32.2 Å². The van der Waals surface area contributed by atoms with Crippen molar-refractivity contribution < 1.29 is 9.72 Å². The number of nitrogens with one attached hydrogen (secondary N) is 1. The minimum Gasteiger partial charge on any atom is -0.365 e. The molecule has 0 radical (unpaired) electrons. The van der Waals surface area contributed by atoms with Crippen molar-refractivity contribution in [2.24, 2.45) is 5.92 Å². The van der Waals surface area contributed by atoms with Crippen LogP contribution >= 0.6 is 15.9 Å². The summed E-state index contributed by atoms with van der Waals surface area (Å²) in [6, 6.07) is 5.24. The fourth-order valence-corrected chi connectivity index (χ4v) is 3.54. The van der Waals surface area contributed by atoms with Crippen LogP contribution in [0.5, 0.6) is 0 Å². The second-order valence-corrected chi connectivity index (χ2v) is 7.29. The van der Waals surface area contributed by atoms with Crippen molar-refractivity contribution in [1.29, 1.82) is 0 Å². The molecule has 132 valence electrons. The molecule has 1 aromatic rings. The molecule has 6 nitrogen and oxygen atoms in total. The summed E-state index contributed by atoms with van der Waals surface area (Å²) in [5.41, 5.74) is 0.659. The third kappa shape index (κ3) is 4.69. The fourth-order valence-electron chi connectivity index (χ4n) is 3.19. The highest BCUT2D eigenvalue weighted by Crippen LogP contribution is 2.33. The van der Waals surface area contributed by atoms with Crippen molar-refractivity contribution in [3.05, 3.63) is 32.8 Å². The molecule has 0 aliphatic carbocycles. The van der Waals surface area contributed by atoms with Gasteiger partial charge in [-0.15, -0.1) is 0 Å². The molecule has 1 aliphatic rings. The lowest BCUT2D eigenvalue weighted by Crippen LogP contribution is -2.45. The molecular formula is C17H24BrN3O3. The minimum absolute atomic E-state index is 0.0559. The van der Waals surface area contributed by atoms with Gasteiger partial charge in [-0.3, -0.25) is 14.9 Å². The van der Waals surface area contributed by atoms with Gasteiger partial charge in [0.15, 0.2) is 0 Å². The molecule has 0 spiro atoms. The monoisotopic (exact) mass is 397 g/mol. The van der Waals surface area contributed by atoms with Gasteiger partial charge in [-0.1, -0.05) is 29.3 Å². The van der Waals surface area contributed by atoms with E-state index in [1.54, 1.807) is 12.1 Å². The van der Waals surface area contributed by atoms with Gasteiger partial charge >= 0.3 is 0 Å². The average molecular weight is 398 g/mol. The Hall–Kier alpha value is -1.63. The number of piperidine rings is 1. The molecule has 0 aromatic heterocycles. The largest absolute Gasteiger partial charge is 0.365 e. The van der Waals surface area contributed by atoms with E-state index in [0.29, 0.717) is 16.7 Å². The number of nitro benzene ring substituents is 1. The lowest BCUT2D eigenvalue weighted by Gasteiger charge is -2.34. The van der Waals surface area contributed by atoms with Crippen LogP contribution in [0.4, 0.5) is 11.4 Å². The van der Waals surface area contributed by atoms with E-state index >= 15 is 0 Å². The summed E-state index contributed by atoms with van der Waals surface area (Å²) < 4.78 is 0.678. The number of nitrogens with zero attached hydrogens (tertiary/aromatic N) is 2. The summed E-state index contributed by atoms with van der Waals surface area (Å²) in [5, 5.41) is 14.4. The van der Waals surface area contributed by atoms with E-state index in [1.807, 2.05) is 11.8 Å². The molecule has 1 saturated heterocycles. The van der Waals surface area contributed by atoms with Crippen molar-refractivity contribution in [2.45, 2.75) is 45.6 Å². The Balaban J connectivity index is 2.11. The van der Waals surface area contributed by atoms with E-state index in [1.165, 1.54) is 6.07 Å². The van der Waals surface area contributed by atoms with Gasteiger partial charge in [0.05, 0.1) is 10.8 Å². The van der Waals surface area contributed by atoms with E-state index in [2.05, 4.69) is 28.2 Å². The van der Waals surface area contributed by atoms with Crippen LogP contribution in [0, 0.1) is 16.0 Å². The maximum absolute atomic E-state index is 12.5. The molecule has 2 rings (SSSR count). The van der Waals surface area contributed by atoms with Crippen LogP contribution in [-0.4, -0.2) is 30.0 Å². The van der Waals surface area contributed by atoms with Crippen LogP contribution < -0.4 is 10.2 Å². The van der Waals surface area contributed by atoms with E-state index < -0.39 is 0 Å². The normalized spacial score (nSPS) is 19.0. The highest BCUT2D eigenvalue weighted by atomic mass is 79.9. The Morgan fingerprint density at radius 3 is 2.96 bits per heavy atom. The molecule has 1 heterocycles. The second kappa shape index (κ2) is 8.46. The van der Waals surface area contributed by atoms with Gasteiger partial charge in [0.1, 0.15) is 5.69 Å². The van der Waals surface area contributed by atoms with Crippen LogP contribution in [0.25, 0.3) is 0 Å². The van der Waals surface area contributed by atoms with Gasteiger partial charge in [-0.25, -0.2) is 0 Å². The third-order valence-corrected chi connectivity index (χ3v) is 4.87. The zero-order valence-corrected chi connectivity index (χ0v) is 15.7. The van der Waals surface area contributed by atoms with E-state index in [-0.39, 0.29) is 28.5 Å². The molecule has 7 heteroatoms. The van der Waals surface area contributed by atoms with E-state index in [9.17, 15) is 14.9 Å². The molecule has 2 atom stereocenters. The van der Waals surface area contributed by atoms with Gasteiger partial charge < -0.3 is 10.2 Å². The quantitative estimate of drug-likeness (QED) is 0.583. The maximum atomic E-state index is 12.5. The third-order valence-electron chi connectivity index (χ3n) is 4.38. The number of hydrogen-bond donors (Lipinski definition) is 1. The first kappa shape index (κ1) is 18.7. The number of halogens is 1. The molecule has 1 aliphatic heterocycles. The van der Waals surface area contributed by atoms with Crippen LogP contribution in [-0.2, 0) is 4.79 Å². The van der Waals surface area contributed by atoms with Crippen LogP contribution in [0.15, 0.2) is 22.7 Å². The first-order chi connectivity index (χ1) is 11.4. The zero-order valence-electron chi connectivity index (χ0n) is 14.1. The number of carbonyl (C=O) groups excluding carboxylic acids is 1. The SMILES string of the molecule is CCCC(C)NC(=O)C1CCCN(c2ccc(Br)cc2[N+](=O)[O-])C1. The number of benzene rings is 1. The van der Waals surface area contributed by atoms with Crippen LogP contribution in [0.1, 0.15) is 39.5 Å². The Bertz CT molecular complexity index is 609. The summed E-state index contributed by atoms with van der Waals surface area (Å²) in [7, 11) is 0. The van der Waals surface area contributed by atoms with Gasteiger partial charge in [0.2, 0.25) is 5.91 Å². The Kier molecular flexibility index (Phi) is 6.60. The Morgan fingerprint density at radius 1 is 1.54 bits per heavy atom. The highest BCUT2D eigenvalue weighted by Gasteiger charge is 2.29. The fraction of sp³-hybridized carbons (Fsp3) is 0.588. The van der Waals surface area contributed by atoms with Crippen molar-refractivity contribution in [2.75, 3.05) is 18.0 Å². The topological polar surface area (TPSA) is 75.5 Å². The number of carbonyl (C=O) groups is 1. The Morgan fingerprint density at radius 2 is 2.29 bits per heavy atom. The zero-order chi connectivity index (χ0) is 17.7. The van der Waals surface area contributed by atoms with E-state index in [4.69, 9.17) is 0 Å². The number of rotatable bonds is 6. The van der Waals surface area contributed by atoms with Gasteiger partial charge in [-0.2, -0.15) is 0 Å². The number of amides is 1. The van der Waals surface area contributed by atoms with Crippen molar-refractivity contribution in [3.8, 4) is 0 Å². The van der Waals surface area contributed by atoms with Crippen LogP contribution in [0.2, 0.25) is 0 Å². The standard InChI is InChI=1S/C17H24BrN3O3/c1-3-5-12(2)19-17(22)13-6-4-9-20(11-13)15-8-7-14(18)10-16(15)21(23)24/h7-8,10,12-13H,3-6,9,11H2,1-2H3,(H,19,22). The Labute approximate surface area is 150 Å². The van der Waals surface area contributed by atoms with Gasteiger partial charge in [0, 0.05) is 29.7 Å². The van der Waals surface area contributed by atoms with Crippen molar-refractivity contribution >= 4 is 33.2 Å². The molecular weight excluding hydrogens is 374 g/mol. The molecule has 24 heavy (non-hydrogen) atoms. The lowest BCUT2D eigenvalue weighted by molar-refractivity contribution is -0.384. The summed E-state index contributed by atoms with van der Waals surface area (Å²) >= 11 is 3.28. The second-order valence-electron chi connectivity index (χ2n) is 6.37. The summed E-state index contributed by atoms with van der Waals surface area (Å²) in [6.45, 7) is 5.36. The molecule has 1 amide bonds. The summed E-state index contributed by atoms with van der Waals surface area (Å²) in [5.74, 6) is -0.0679. The van der Waals surface area contributed by atoms with Crippen molar-refractivity contribution in [3.63, 3.8) is 0 Å². The predicted molar refractivity (Wildman–Crippen MR) is 98.2 cm³/mol. The first-order valence-electron chi connectivity index (χ1n) is 8.41. The summed E-state index contributed by atoms with van der Waals surface area (Å²) in [4.78, 5) is 25.4. The van der Waals surface area contributed by atoms with Gasteiger partial charge in [-0.05, 0) is 38.3 Å². The minimum atomic E-state index is -0.368.